The summed E-state index contributed by atoms with van der Waals surface area (Å²) in [4.78, 5) is 22.4. The molecule has 4 aromatic heterocycles. The van der Waals surface area contributed by atoms with Crippen molar-refractivity contribution in [2.24, 2.45) is 0 Å². The van der Waals surface area contributed by atoms with E-state index in [4.69, 9.17) is 9.47 Å². The van der Waals surface area contributed by atoms with Gasteiger partial charge in [0.15, 0.2) is 11.6 Å². The lowest BCUT2D eigenvalue weighted by Crippen LogP contribution is -2.26. The molecule has 11 nitrogen and oxygen atoms in total. The van der Waals surface area contributed by atoms with Gasteiger partial charge in [-0.05, 0) is 37.6 Å². The molecule has 1 saturated heterocycles. The van der Waals surface area contributed by atoms with Gasteiger partial charge in [0.05, 0.1) is 26.0 Å². The highest BCUT2D eigenvalue weighted by Gasteiger charge is 2.26. The standard InChI is InChI=1S/C24H24N8O3/c1-14-9-10-21-28-29-22(32(14)21)18-6-3-7-19(25-18)27-23(33)16-11-31(30-24(16)34-2)20-8-4-5-17(26-20)15-12-35-13-15/h3-8,11,14-15H,9-10,12-13H2,1-2H3,(H,25,27,33)/t14-/m0/s1. The topological polar surface area (TPSA) is 122 Å². The second-order valence-corrected chi connectivity index (χ2v) is 8.71. The molecule has 6 rings (SSSR count). The minimum atomic E-state index is -0.388. The summed E-state index contributed by atoms with van der Waals surface area (Å²) in [5.74, 6) is 2.75. The van der Waals surface area contributed by atoms with Gasteiger partial charge in [-0.15, -0.1) is 15.3 Å². The molecule has 0 unspecified atom stereocenters. The van der Waals surface area contributed by atoms with Gasteiger partial charge in [-0.1, -0.05) is 12.1 Å². The molecule has 1 atom stereocenters. The smallest absolute Gasteiger partial charge is 0.263 e. The Bertz CT molecular complexity index is 1410. The van der Waals surface area contributed by atoms with Gasteiger partial charge in [0.2, 0.25) is 5.88 Å². The number of fused-ring (bicyclic) bond motifs is 1. The Labute approximate surface area is 201 Å². The molecule has 35 heavy (non-hydrogen) atoms. The number of pyridine rings is 2. The molecule has 4 aromatic rings. The number of aromatic nitrogens is 7. The van der Waals surface area contributed by atoms with E-state index in [0.717, 1.165) is 24.4 Å². The zero-order chi connectivity index (χ0) is 23.9. The number of hydrogen-bond acceptors (Lipinski definition) is 8. The third-order valence-corrected chi connectivity index (χ3v) is 6.38. The maximum absolute atomic E-state index is 13.2. The predicted octanol–water partition coefficient (Wildman–Crippen LogP) is 2.80. The molecule has 0 spiro atoms. The molecule has 1 amide bonds. The Kier molecular flexibility index (Phi) is 5.25. The molecule has 6 heterocycles. The summed E-state index contributed by atoms with van der Waals surface area (Å²) < 4.78 is 14.3. The number of amides is 1. The number of rotatable bonds is 6. The van der Waals surface area contributed by atoms with Crippen molar-refractivity contribution in [3.63, 3.8) is 0 Å². The van der Waals surface area contributed by atoms with Crippen LogP contribution in [0.15, 0.2) is 42.6 Å². The molecule has 178 valence electrons. The van der Waals surface area contributed by atoms with Crippen LogP contribution < -0.4 is 10.1 Å². The highest BCUT2D eigenvalue weighted by molar-refractivity contribution is 6.05. The number of aryl methyl sites for hydroxylation is 1. The van der Waals surface area contributed by atoms with Crippen molar-refractivity contribution in [3.05, 3.63) is 59.7 Å². The van der Waals surface area contributed by atoms with Crippen molar-refractivity contribution in [2.75, 3.05) is 25.6 Å². The first-order valence-corrected chi connectivity index (χ1v) is 11.5. The van der Waals surface area contributed by atoms with Crippen LogP contribution in [0.1, 0.15) is 47.2 Å². The molecule has 1 N–H and O–H groups in total. The van der Waals surface area contributed by atoms with Crippen LogP contribution in [0.4, 0.5) is 5.82 Å². The summed E-state index contributed by atoms with van der Waals surface area (Å²) in [6.45, 7) is 3.47. The lowest BCUT2D eigenvalue weighted by molar-refractivity contribution is 0.00671. The maximum Gasteiger partial charge on any atom is 0.263 e. The molecule has 11 heteroatoms. The van der Waals surface area contributed by atoms with Crippen LogP contribution in [0, 0.1) is 0 Å². The second kappa shape index (κ2) is 8.58. The van der Waals surface area contributed by atoms with Crippen LogP contribution in [-0.4, -0.2) is 60.7 Å². The fourth-order valence-electron chi connectivity index (χ4n) is 4.39. The lowest BCUT2D eigenvalue weighted by Gasteiger charge is -2.25. The molecule has 2 aliphatic rings. The first-order chi connectivity index (χ1) is 17.1. The average molecular weight is 473 g/mol. The third kappa shape index (κ3) is 3.83. The van der Waals surface area contributed by atoms with Crippen LogP contribution in [0.2, 0.25) is 0 Å². The highest BCUT2D eigenvalue weighted by atomic mass is 16.5. The van der Waals surface area contributed by atoms with Gasteiger partial charge in [-0.3, -0.25) is 4.79 Å². The Morgan fingerprint density at radius 2 is 2.00 bits per heavy atom. The number of hydrogen-bond donors (Lipinski definition) is 1. The van der Waals surface area contributed by atoms with Crippen molar-refractivity contribution in [2.45, 2.75) is 31.7 Å². The normalized spacial score (nSPS) is 17.1. The monoisotopic (exact) mass is 472 g/mol. The Morgan fingerprint density at radius 3 is 2.80 bits per heavy atom. The second-order valence-electron chi connectivity index (χ2n) is 8.71. The SMILES string of the molecule is COc1nn(-c2cccc(C3COC3)n2)cc1C(=O)Nc1cccc(-c2nnc3n2[C@@H](C)CC3)n1. The van der Waals surface area contributed by atoms with E-state index in [0.29, 0.717) is 42.4 Å². The van der Waals surface area contributed by atoms with Gasteiger partial charge >= 0.3 is 0 Å². The van der Waals surface area contributed by atoms with Crippen LogP contribution >= 0.6 is 0 Å². The van der Waals surface area contributed by atoms with Crippen LogP contribution in [0.25, 0.3) is 17.3 Å². The van der Waals surface area contributed by atoms with Crippen LogP contribution in [0.3, 0.4) is 0 Å². The fraction of sp³-hybridized carbons (Fsp3) is 0.333. The van der Waals surface area contributed by atoms with Gasteiger partial charge in [-0.25, -0.2) is 14.6 Å². The van der Waals surface area contributed by atoms with Gasteiger partial charge in [-0.2, -0.15) is 0 Å². The Balaban J connectivity index is 1.26. The molecular weight excluding hydrogens is 448 g/mol. The van der Waals surface area contributed by atoms with E-state index in [1.54, 1.807) is 16.9 Å². The molecular formula is C24H24N8O3. The van der Waals surface area contributed by atoms with E-state index in [9.17, 15) is 4.79 Å². The molecule has 0 bridgehead atoms. The predicted molar refractivity (Wildman–Crippen MR) is 126 cm³/mol. The van der Waals surface area contributed by atoms with Crippen molar-refractivity contribution >= 4 is 11.7 Å². The summed E-state index contributed by atoms with van der Waals surface area (Å²) in [5, 5.41) is 15.9. The molecule has 0 radical (unpaired) electrons. The van der Waals surface area contributed by atoms with Crippen molar-refractivity contribution in [3.8, 4) is 23.2 Å². The molecule has 0 saturated carbocycles. The number of anilines is 1. The zero-order valence-electron chi connectivity index (χ0n) is 19.4. The van der Waals surface area contributed by atoms with Crippen molar-refractivity contribution in [1.29, 1.82) is 0 Å². The zero-order valence-corrected chi connectivity index (χ0v) is 19.4. The number of methoxy groups -OCH3 is 1. The highest BCUT2D eigenvalue weighted by Crippen LogP contribution is 2.30. The summed E-state index contributed by atoms with van der Waals surface area (Å²) >= 11 is 0. The van der Waals surface area contributed by atoms with E-state index in [1.807, 2.05) is 30.3 Å². The first kappa shape index (κ1) is 21.4. The number of ether oxygens (including phenoxy) is 2. The van der Waals surface area contributed by atoms with Gasteiger partial charge < -0.3 is 19.4 Å². The Morgan fingerprint density at radius 1 is 1.14 bits per heavy atom. The minimum Gasteiger partial charge on any atom is -0.479 e. The number of carbonyl (C=O) groups is 1. The largest absolute Gasteiger partial charge is 0.479 e. The first-order valence-electron chi connectivity index (χ1n) is 11.5. The molecule has 2 aliphatic heterocycles. The van der Waals surface area contributed by atoms with Crippen molar-refractivity contribution in [1.82, 2.24) is 34.5 Å². The minimum absolute atomic E-state index is 0.196. The van der Waals surface area contributed by atoms with Gasteiger partial charge in [0.1, 0.15) is 22.9 Å². The summed E-state index contributed by atoms with van der Waals surface area (Å²) in [6.07, 6.45) is 3.54. The number of nitrogens with one attached hydrogen (secondary N) is 1. The van der Waals surface area contributed by atoms with Crippen LogP contribution in [-0.2, 0) is 11.2 Å². The van der Waals surface area contributed by atoms with E-state index >= 15 is 0 Å². The molecule has 1 fully saturated rings. The van der Waals surface area contributed by atoms with Crippen molar-refractivity contribution < 1.29 is 14.3 Å². The molecule has 0 aliphatic carbocycles. The van der Waals surface area contributed by atoms with Crippen LogP contribution in [0.5, 0.6) is 5.88 Å². The van der Waals surface area contributed by atoms with Gasteiger partial charge in [0, 0.05) is 24.6 Å². The third-order valence-electron chi connectivity index (χ3n) is 6.38. The van der Waals surface area contributed by atoms with E-state index < -0.39 is 0 Å². The van der Waals surface area contributed by atoms with Gasteiger partial charge in [0.25, 0.3) is 5.91 Å². The summed E-state index contributed by atoms with van der Waals surface area (Å²) in [6, 6.07) is 11.5. The summed E-state index contributed by atoms with van der Waals surface area (Å²) in [7, 11) is 1.48. The maximum atomic E-state index is 13.2. The fourth-order valence-corrected chi connectivity index (χ4v) is 4.39. The quantitative estimate of drug-likeness (QED) is 0.455. The number of nitrogens with zero attached hydrogens (tertiary/aromatic N) is 7. The molecule has 0 aromatic carbocycles. The number of carbonyl (C=O) groups excluding carboxylic acids is 1. The van der Waals surface area contributed by atoms with E-state index in [-0.39, 0.29) is 23.3 Å². The van der Waals surface area contributed by atoms with E-state index in [1.165, 1.54) is 7.11 Å². The van der Waals surface area contributed by atoms with E-state index in [2.05, 4.69) is 42.1 Å². The lowest BCUT2D eigenvalue weighted by atomic mass is 10.0. The summed E-state index contributed by atoms with van der Waals surface area (Å²) in [5.41, 5.74) is 1.86. The average Bonchev–Trinajstić information content (AvgIpc) is 3.54. The Hall–Kier alpha value is -4.12.